The maximum absolute atomic E-state index is 13.3. The van der Waals surface area contributed by atoms with Crippen molar-refractivity contribution < 1.29 is 29.0 Å². The summed E-state index contributed by atoms with van der Waals surface area (Å²) < 4.78 is 5.66. The van der Waals surface area contributed by atoms with Crippen LogP contribution in [0.1, 0.15) is 54.3 Å². The number of fused-ring (bicyclic) bond motifs is 2. The van der Waals surface area contributed by atoms with E-state index in [0.717, 1.165) is 51.6 Å². The monoisotopic (exact) mass is 692 g/mol. The normalized spacial score (nSPS) is 18.0. The number of imidazole rings is 2. The van der Waals surface area contributed by atoms with E-state index < -0.39 is 24.3 Å². The average molecular weight is 693 g/mol. The molecule has 2 fully saturated rings. The molecule has 2 unspecified atom stereocenters. The van der Waals surface area contributed by atoms with Gasteiger partial charge in [-0.3, -0.25) is 19.4 Å². The van der Waals surface area contributed by atoms with E-state index in [0.29, 0.717) is 37.8 Å². The molecule has 2 aliphatic heterocycles. The van der Waals surface area contributed by atoms with Gasteiger partial charge < -0.3 is 29.6 Å². The lowest BCUT2D eigenvalue weighted by atomic mass is 10.0. The van der Waals surface area contributed by atoms with Gasteiger partial charge in [0.05, 0.1) is 22.1 Å². The number of piperazine rings is 2. The molecule has 0 radical (unpaired) electrons. The van der Waals surface area contributed by atoms with Crippen LogP contribution in [0.2, 0.25) is 0 Å². The van der Waals surface area contributed by atoms with Crippen molar-refractivity contribution in [3.05, 3.63) is 95.1 Å². The van der Waals surface area contributed by atoms with E-state index in [1.165, 1.54) is 18.7 Å². The van der Waals surface area contributed by atoms with Gasteiger partial charge in [-0.05, 0) is 53.8 Å². The number of aromatic amines is 2. The molecule has 264 valence electrons. The smallest absolute Gasteiger partial charge is 0.410 e. The van der Waals surface area contributed by atoms with E-state index in [9.17, 15) is 24.3 Å². The van der Waals surface area contributed by atoms with Crippen molar-refractivity contribution in [3.63, 3.8) is 0 Å². The largest absolute Gasteiger partial charge is 0.465 e. The highest BCUT2D eigenvalue weighted by Gasteiger charge is 2.36. The van der Waals surface area contributed by atoms with Crippen LogP contribution in [0.3, 0.4) is 0 Å². The van der Waals surface area contributed by atoms with Crippen molar-refractivity contribution >= 4 is 46.1 Å². The minimum Gasteiger partial charge on any atom is -0.465 e. The van der Waals surface area contributed by atoms with Gasteiger partial charge in [0.2, 0.25) is 11.8 Å². The van der Waals surface area contributed by atoms with Crippen LogP contribution in [0.5, 0.6) is 0 Å². The Bertz CT molecular complexity index is 2090. The number of rotatable bonds is 7. The molecule has 3 aromatic carbocycles. The third-order valence-corrected chi connectivity index (χ3v) is 9.80. The van der Waals surface area contributed by atoms with Crippen LogP contribution in [0.25, 0.3) is 22.1 Å². The molecular weight excluding hydrogens is 652 g/mol. The highest BCUT2D eigenvalue weighted by atomic mass is 16.6. The van der Waals surface area contributed by atoms with Crippen molar-refractivity contribution in [2.24, 2.45) is 0 Å². The topological polar surface area (TPSA) is 168 Å². The molecule has 2 atom stereocenters. The fraction of sp³-hybridized carbons (Fsp3) is 0.351. The van der Waals surface area contributed by atoms with Gasteiger partial charge in [-0.15, -0.1) is 0 Å². The van der Waals surface area contributed by atoms with Crippen molar-refractivity contribution in [2.45, 2.75) is 45.4 Å². The van der Waals surface area contributed by atoms with Crippen LogP contribution in [-0.4, -0.2) is 108 Å². The van der Waals surface area contributed by atoms with Crippen molar-refractivity contribution in [3.8, 4) is 0 Å². The van der Waals surface area contributed by atoms with Crippen LogP contribution in [0.15, 0.2) is 66.7 Å². The predicted molar refractivity (Wildman–Crippen MR) is 188 cm³/mol. The number of nitrogens with zero attached hydrogens (tertiary/aromatic N) is 6. The second kappa shape index (κ2) is 14.1. The average Bonchev–Trinajstić information content (AvgIpc) is 3.77. The standard InChI is InChI=1S/C37H40N8O6/c1-23(46)42-14-16-44(36(48)49)32(20-42)34-38-28-12-10-25(18-30(28)40-34)8-9-26-11-13-29-31(19-26)41-35(39-29)33-21-43(24(2)47)15-17-45(33)37(50)51-22-27-6-4-3-5-7-27/h3-7,10-13,18-19,32-33H,8-9,14-17,20-22H2,1-2H3,(H,38,40)(H,39,41)(H,48,49). The Morgan fingerprint density at radius 3 is 1.73 bits per heavy atom. The zero-order valence-corrected chi connectivity index (χ0v) is 28.5. The summed E-state index contributed by atoms with van der Waals surface area (Å²) in [6.45, 7) is 5.06. The summed E-state index contributed by atoms with van der Waals surface area (Å²) in [5, 5.41) is 9.79. The van der Waals surface area contributed by atoms with E-state index in [1.807, 2.05) is 60.7 Å². The third kappa shape index (κ3) is 7.21. The fourth-order valence-corrected chi connectivity index (χ4v) is 6.92. The molecule has 5 aromatic rings. The van der Waals surface area contributed by atoms with E-state index >= 15 is 0 Å². The molecule has 4 heterocycles. The van der Waals surface area contributed by atoms with Crippen LogP contribution in [0.4, 0.5) is 9.59 Å². The SMILES string of the molecule is CC(=O)N1CCN(C(=O)O)C(c2nc3ccc(CCc4ccc5nc(C6CN(C(C)=O)CCN6C(=O)OCc6ccccc6)[nH]c5c4)cc3[nH]2)C1. The molecule has 2 aliphatic rings. The molecule has 14 heteroatoms. The summed E-state index contributed by atoms with van der Waals surface area (Å²) >= 11 is 0. The Morgan fingerprint density at radius 2 is 1.22 bits per heavy atom. The summed E-state index contributed by atoms with van der Waals surface area (Å²) in [5.74, 6) is 0.957. The van der Waals surface area contributed by atoms with Gasteiger partial charge in [-0.1, -0.05) is 42.5 Å². The van der Waals surface area contributed by atoms with Gasteiger partial charge >= 0.3 is 12.2 Å². The van der Waals surface area contributed by atoms with Gasteiger partial charge in [0, 0.05) is 53.1 Å². The summed E-state index contributed by atoms with van der Waals surface area (Å²) in [6.07, 6.45) is 0.00230. The molecule has 2 saturated heterocycles. The Kier molecular flexibility index (Phi) is 9.30. The first-order valence-electron chi connectivity index (χ1n) is 17.1. The Morgan fingerprint density at radius 1 is 0.706 bits per heavy atom. The number of aromatic nitrogens is 4. The van der Waals surface area contributed by atoms with Gasteiger partial charge in [-0.25, -0.2) is 19.6 Å². The molecule has 4 amide bonds. The first-order chi connectivity index (χ1) is 24.6. The van der Waals surface area contributed by atoms with Crippen molar-refractivity contribution in [2.75, 3.05) is 39.3 Å². The van der Waals surface area contributed by atoms with E-state index in [-0.39, 0.29) is 31.5 Å². The van der Waals surface area contributed by atoms with Crippen LogP contribution < -0.4 is 0 Å². The molecule has 0 bridgehead atoms. The lowest BCUT2D eigenvalue weighted by Crippen LogP contribution is -2.52. The lowest BCUT2D eigenvalue weighted by Gasteiger charge is -2.39. The number of carboxylic acid groups (broad SMARTS) is 1. The second-order valence-corrected chi connectivity index (χ2v) is 13.1. The molecule has 7 rings (SSSR count). The first-order valence-corrected chi connectivity index (χ1v) is 17.1. The van der Waals surface area contributed by atoms with E-state index in [4.69, 9.17) is 9.72 Å². The maximum Gasteiger partial charge on any atom is 0.410 e. The molecule has 14 nitrogen and oxygen atoms in total. The summed E-state index contributed by atoms with van der Waals surface area (Å²) in [6, 6.07) is 20.5. The molecule has 0 saturated carbocycles. The van der Waals surface area contributed by atoms with Crippen LogP contribution in [0, 0.1) is 0 Å². The Balaban J connectivity index is 1.05. The van der Waals surface area contributed by atoms with Gasteiger partial charge in [0.25, 0.3) is 0 Å². The number of aryl methyl sites for hydroxylation is 2. The first kappa shape index (κ1) is 33.6. The molecule has 0 aliphatic carbocycles. The zero-order chi connectivity index (χ0) is 35.6. The number of hydrogen-bond donors (Lipinski definition) is 3. The Labute approximate surface area is 294 Å². The Hall–Kier alpha value is -5.92. The quantitative estimate of drug-likeness (QED) is 0.222. The highest BCUT2D eigenvalue weighted by Crippen LogP contribution is 2.29. The third-order valence-electron chi connectivity index (χ3n) is 9.80. The minimum absolute atomic E-state index is 0.0592. The maximum atomic E-state index is 13.3. The number of benzene rings is 3. The van der Waals surface area contributed by atoms with Crippen molar-refractivity contribution in [1.29, 1.82) is 0 Å². The minimum atomic E-state index is -1.04. The summed E-state index contributed by atoms with van der Waals surface area (Å²) in [7, 11) is 0. The number of carbonyl (C=O) groups excluding carboxylic acids is 3. The van der Waals surface area contributed by atoms with Gasteiger partial charge in [-0.2, -0.15) is 0 Å². The molecular formula is C37H40N8O6. The van der Waals surface area contributed by atoms with Crippen molar-refractivity contribution in [1.82, 2.24) is 39.5 Å². The number of ether oxygens (including phenoxy) is 1. The number of amides is 4. The number of nitrogens with one attached hydrogen (secondary N) is 2. The van der Waals surface area contributed by atoms with E-state index in [1.54, 1.807) is 14.7 Å². The fourth-order valence-electron chi connectivity index (χ4n) is 6.92. The highest BCUT2D eigenvalue weighted by molar-refractivity contribution is 5.78. The summed E-state index contributed by atoms with van der Waals surface area (Å²) in [5.41, 5.74) is 6.21. The van der Waals surface area contributed by atoms with Crippen LogP contribution >= 0.6 is 0 Å². The number of H-pyrrole nitrogens is 2. The summed E-state index contributed by atoms with van der Waals surface area (Å²) in [4.78, 5) is 72.2. The van der Waals surface area contributed by atoms with Gasteiger partial charge in [0.1, 0.15) is 30.3 Å². The number of carbonyl (C=O) groups is 4. The molecule has 0 spiro atoms. The number of hydrogen-bond acceptors (Lipinski definition) is 7. The zero-order valence-electron chi connectivity index (χ0n) is 28.5. The van der Waals surface area contributed by atoms with Gasteiger partial charge in [0.15, 0.2) is 0 Å². The van der Waals surface area contributed by atoms with E-state index in [2.05, 4.69) is 21.0 Å². The molecule has 3 N–H and O–H groups in total. The lowest BCUT2D eigenvalue weighted by molar-refractivity contribution is -0.132. The van der Waals surface area contributed by atoms with Crippen LogP contribution in [-0.2, 0) is 33.8 Å². The molecule has 2 aromatic heterocycles. The molecule has 51 heavy (non-hydrogen) atoms. The second-order valence-electron chi connectivity index (χ2n) is 13.1. The predicted octanol–water partition coefficient (Wildman–Crippen LogP) is 4.65.